The van der Waals surface area contributed by atoms with Crippen molar-refractivity contribution in [2.45, 2.75) is 31.1 Å². The van der Waals surface area contributed by atoms with Crippen LogP contribution in [-0.4, -0.2) is 11.5 Å². The summed E-state index contributed by atoms with van der Waals surface area (Å²) in [5, 5.41) is 0. The molecule has 0 aromatic heterocycles. The Labute approximate surface area is 89.9 Å². The fourth-order valence-electron chi connectivity index (χ4n) is 1.15. The Kier molecular flexibility index (Phi) is 5.38. The predicted molar refractivity (Wildman–Crippen MR) is 61.7 cm³/mol. The van der Waals surface area contributed by atoms with Crippen LogP contribution in [0.15, 0.2) is 35.2 Å². The molecule has 0 aliphatic rings. The average Bonchev–Trinajstić information content (AvgIpc) is 2.25. The van der Waals surface area contributed by atoms with Crippen LogP contribution < -0.4 is 0 Å². The van der Waals surface area contributed by atoms with E-state index >= 15 is 0 Å². The Bertz CT molecular complexity index is 269. The van der Waals surface area contributed by atoms with Crippen LogP contribution >= 0.6 is 11.8 Å². The standard InChI is InChI=1S/C12H16OS/c1-2-11(13)7-6-10-14-12-8-4-3-5-9-12/h3-5,8-9H,2,6-7,10H2,1H3. The van der Waals surface area contributed by atoms with E-state index in [1.807, 2.05) is 36.9 Å². The summed E-state index contributed by atoms with van der Waals surface area (Å²) in [4.78, 5) is 12.3. The van der Waals surface area contributed by atoms with Gasteiger partial charge in [-0.15, -0.1) is 11.8 Å². The van der Waals surface area contributed by atoms with E-state index in [1.54, 1.807) is 0 Å². The normalized spacial score (nSPS) is 10.1. The first-order chi connectivity index (χ1) is 6.83. The molecule has 0 fully saturated rings. The number of carbonyl (C=O) groups is 1. The van der Waals surface area contributed by atoms with Gasteiger partial charge >= 0.3 is 0 Å². The molecule has 0 radical (unpaired) electrons. The lowest BCUT2D eigenvalue weighted by molar-refractivity contribution is -0.118. The van der Waals surface area contributed by atoms with Crippen LogP contribution in [0.25, 0.3) is 0 Å². The molecule has 0 aliphatic carbocycles. The number of hydrogen-bond acceptors (Lipinski definition) is 2. The van der Waals surface area contributed by atoms with Crippen LogP contribution in [0, 0.1) is 0 Å². The van der Waals surface area contributed by atoms with Gasteiger partial charge in [-0.25, -0.2) is 0 Å². The third kappa shape index (κ3) is 4.47. The third-order valence-corrected chi connectivity index (χ3v) is 3.10. The molecule has 0 unspecified atom stereocenters. The van der Waals surface area contributed by atoms with Gasteiger partial charge in [-0.05, 0) is 24.3 Å². The lowest BCUT2D eigenvalue weighted by Gasteiger charge is -2.00. The number of ketones is 1. The first-order valence-corrected chi connectivity index (χ1v) is 6.01. The minimum atomic E-state index is 0.374. The molecule has 0 amide bonds. The zero-order chi connectivity index (χ0) is 10.2. The Balaban J connectivity index is 2.13. The summed E-state index contributed by atoms with van der Waals surface area (Å²) in [6.45, 7) is 1.92. The second kappa shape index (κ2) is 6.66. The zero-order valence-electron chi connectivity index (χ0n) is 8.53. The van der Waals surface area contributed by atoms with Gasteiger partial charge in [0.05, 0.1) is 0 Å². The van der Waals surface area contributed by atoms with E-state index in [2.05, 4.69) is 12.1 Å². The molecule has 0 aliphatic heterocycles. The molecule has 2 heteroatoms. The molecule has 0 bridgehead atoms. The summed E-state index contributed by atoms with van der Waals surface area (Å²) >= 11 is 1.82. The highest BCUT2D eigenvalue weighted by molar-refractivity contribution is 7.99. The summed E-state index contributed by atoms with van der Waals surface area (Å²) < 4.78 is 0. The van der Waals surface area contributed by atoms with Gasteiger partial charge in [0.15, 0.2) is 0 Å². The van der Waals surface area contributed by atoms with Gasteiger partial charge in [0.25, 0.3) is 0 Å². The van der Waals surface area contributed by atoms with E-state index in [0.29, 0.717) is 12.2 Å². The summed E-state index contributed by atoms with van der Waals surface area (Å²) in [6.07, 6.45) is 2.40. The number of benzene rings is 1. The molecule has 0 saturated carbocycles. The minimum Gasteiger partial charge on any atom is -0.300 e. The zero-order valence-corrected chi connectivity index (χ0v) is 9.35. The highest BCUT2D eigenvalue weighted by atomic mass is 32.2. The van der Waals surface area contributed by atoms with Gasteiger partial charge < -0.3 is 0 Å². The molecule has 0 saturated heterocycles. The molecule has 0 N–H and O–H groups in total. The fraction of sp³-hybridized carbons (Fsp3) is 0.417. The van der Waals surface area contributed by atoms with Crippen LogP contribution in [-0.2, 0) is 4.79 Å². The van der Waals surface area contributed by atoms with E-state index in [0.717, 1.165) is 18.6 Å². The number of thioether (sulfide) groups is 1. The van der Waals surface area contributed by atoms with E-state index in [9.17, 15) is 4.79 Å². The van der Waals surface area contributed by atoms with E-state index < -0.39 is 0 Å². The molecule has 1 rings (SSSR count). The van der Waals surface area contributed by atoms with Gasteiger partial charge in [-0.3, -0.25) is 4.79 Å². The summed E-state index contributed by atoms with van der Waals surface area (Å²) in [5.74, 6) is 1.41. The van der Waals surface area contributed by atoms with Crippen molar-refractivity contribution < 1.29 is 4.79 Å². The predicted octanol–water partition coefficient (Wildman–Crippen LogP) is 3.54. The van der Waals surface area contributed by atoms with Crippen molar-refractivity contribution in [2.75, 3.05) is 5.75 Å². The van der Waals surface area contributed by atoms with Crippen molar-refractivity contribution in [3.63, 3.8) is 0 Å². The molecule has 14 heavy (non-hydrogen) atoms. The van der Waals surface area contributed by atoms with E-state index in [4.69, 9.17) is 0 Å². The maximum absolute atomic E-state index is 11.0. The van der Waals surface area contributed by atoms with Crippen molar-refractivity contribution in [2.24, 2.45) is 0 Å². The molecule has 1 nitrogen and oxygen atoms in total. The summed E-state index contributed by atoms with van der Waals surface area (Å²) in [7, 11) is 0. The van der Waals surface area contributed by atoms with Crippen LogP contribution in [0.5, 0.6) is 0 Å². The Hall–Kier alpha value is -0.760. The van der Waals surface area contributed by atoms with Crippen LogP contribution in [0.1, 0.15) is 26.2 Å². The first-order valence-electron chi connectivity index (χ1n) is 5.02. The lowest BCUT2D eigenvalue weighted by atomic mass is 10.2. The summed E-state index contributed by atoms with van der Waals surface area (Å²) in [5.41, 5.74) is 0. The first kappa shape index (κ1) is 11.3. The minimum absolute atomic E-state index is 0.374. The average molecular weight is 208 g/mol. The second-order valence-corrected chi connectivity index (χ2v) is 4.33. The third-order valence-electron chi connectivity index (χ3n) is 2.01. The van der Waals surface area contributed by atoms with Crippen molar-refractivity contribution >= 4 is 17.5 Å². The number of carbonyl (C=O) groups excluding carboxylic acids is 1. The highest BCUT2D eigenvalue weighted by Crippen LogP contribution is 2.18. The Morgan fingerprint density at radius 3 is 2.64 bits per heavy atom. The summed E-state index contributed by atoms with van der Waals surface area (Å²) in [6, 6.07) is 10.3. The topological polar surface area (TPSA) is 17.1 Å². The maximum Gasteiger partial charge on any atom is 0.132 e. The van der Waals surface area contributed by atoms with Crippen LogP contribution in [0.2, 0.25) is 0 Å². The van der Waals surface area contributed by atoms with E-state index in [1.165, 1.54) is 4.90 Å². The molecule has 0 spiro atoms. The van der Waals surface area contributed by atoms with E-state index in [-0.39, 0.29) is 0 Å². The number of hydrogen-bond donors (Lipinski definition) is 0. The van der Waals surface area contributed by atoms with Crippen LogP contribution in [0.3, 0.4) is 0 Å². The van der Waals surface area contributed by atoms with Crippen molar-refractivity contribution in [3.05, 3.63) is 30.3 Å². The Morgan fingerprint density at radius 1 is 1.29 bits per heavy atom. The van der Waals surface area contributed by atoms with Crippen LogP contribution in [0.4, 0.5) is 0 Å². The quantitative estimate of drug-likeness (QED) is 0.525. The molecule has 0 heterocycles. The number of Topliss-reactive ketones (excluding diaryl/α,β-unsaturated/α-hetero) is 1. The molecular weight excluding hydrogens is 192 g/mol. The van der Waals surface area contributed by atoms with Crippen molar-refractivity contribution in [1.82, 2.24) is 0 Å². The fourth-order valence-corrected chi connectivity index (χ4v) is 2.03. The molecule has 1 aromatic carbocycles. The molecule has 1 aromatic rings. The van der Waals surface area contributed by atoms with Crippen molar-refractivity contribution in [1.29, 1.82) is 0 Å². The maximum atomic E-state index is 11.0. The van der Waals surface area contributed by atoms with Gasteiger partial charge in [0, 0.05) is 17.7 Å². The SMILES string of the molecule is CCC(=O)CCCSc1ccccc1. The monoisotopic (exact) mass is 208 g/mol. The van der Waals surface area contributed by atoms with Crippen molar-refractivity contribution in [3.8, 4) is 0 Å². The number of rotatable bonds is 6. The molecule has 0 atom stereocenters. The van der Waals surface area contributed by atoms with Gasteiger partial charge in [0.1, 0.15) is 5.78 Å². The molecule has 76 valence electrons. The lowest BCUT2D eigenvalue weighted by Crippen LogP contribution is -1.95. The van der Waals surface area contributed by atoms with Gasteiger partial charge in [-0.1, -0.05) is 25.1 Å². The second-order valence-electron chi connectivity index (χ2n) is 3.16. The molecular formula is C12H16OS. The van der Waals surface area contributed by atoms with Gasteiger partial charge in [-0.2, -0.15) is 0 Å². The highest BCUT2D eigenvalue weighted by Gasteiger charge is 1.98. The van der Waals surface area contributed by atoms with Gasteiger partial charge in [0.2, 0.25) is 0 Å². The smallest absolute Gasteiger partial charge is 0.132 e. The largest absolute Gasteiger partial charge is 0.300 e. The Morgan fingerprint density at radius 2 is 2.00 bits per heavy atom.